The molecular formula is C13H17NO3. The molecule has 1 aromatic rings. The summed E-state index contributed by atoms with van der Waals surface area (Å²) >= 11 is 0. The van der Waals surface area contributed by atoms with Gasteiger partial charge in [0.05, 0.1) is 24.8 Å². The highest BCUT2D eigenvalue weighted by Crippen LogP contribution is 2.32. The van der Waals surface area contributed by atoms with Crippen molar-refractivity contribution in [3.63, 3.8) is 0 Å². The molecule has 0 fully saturated rings. The number of nitrogens with zero attached hydrogens (tertiary/aromatic N) is 1. The van der Waals surface area contributed by atoms with Crippen molar-refractivity contribution in [3.8, 4) is 5.75 Å². The smallest absolute Gasteiger partial charge is 0.307 e. The molecule has 0 radical (unpaired) electrons. The first-order chi connectivity index (χ1) is 8.22. The van der Waals surface area contributed by atoms with Crippen molar-refractivity contribution in [3.05, 3.63) is 24.3 Å². The summed E-state index contributed by atoms with van der Waals surface area (Å²) < 4.78 is 10.6. The molecule has 0 spiro atoms. The normalized spacial score (nSPS) is 18.2. The summed E-state index contributed by atoms with van der Waals surface area (Å²) in [4.78, 5) is 13.5. The van der Waals surface area contributed by atoms with Gasteiger partial charge in [0.1, 0.15) is 12.4 Å². The van der Waals surface area contributed by atoms with Crippen LogP contribution in [-0.4, -0.2) is 32.3 Å². The van der Waals surface area contributed by atoms with Crippen molar-refractivity contribution in [1.82, 2.24) is 0 Å². The van der Waals surface area contributed by atoms with Gasteiger partial charge in [0.2, 0.25) is 0 Å². The highest BCUT2D eigenvalue weighted by molar-refractivity contribution is 5.72. The maximum absolute atomic E-state index is 11.5. The Morgan fingerprint density at radius 2 is 2.29 bits per heavy atom. The number of carbonyl (C=O) groups excluding carboxylic acids is 1. The minimum atomic E-state index is -0.174. The predicted octanol–water partition coefficient (Wildman–Crippen LogP) is 1.84. The lowest BCUT2D eigenvalue weighted by Gasteiger charge is -2.35. The van der Waals surface area contributed by atoms with Gasteiger partial charge in [0.25, 0.3) is 0 Å². The quantitative estimate of drug-likeness (QED) is 0.749. The molecule has 0 amide bonds. The van der Waals surface area contributed by atoms with Crippen LogP contribution in [0.5, 0.6) is 5.75 Å². The third-order valence-corrected chi connectivity index (χ3v) is 2.93. The van der Waals surface area contributed by atoms with Crippen molar-refractivity contribution < 1.29 is 14.3 Å². The van der Waals surface area contributed by atoms with Gasteiger partial charge in [-0.2, -0.15) is 0 Å². The lowest BCUT2D eigenvalue weighted by molar-refractivity contribution is -0.143. The van der Waals surface area contributed by atoms with Crippen LogP contribution in [0.15, 0.2) is 24.3 Å². The molecule has 0 aliphatic carbocycles. The van der Waals surface area contributed by atoms with Crippen LogP contribution >= 0.6 is 0 Å². The number of carbonyl (C=O) groups is 1. The Morgan fingerprint density at radius 3 is 3.06 bits per heavy atom. The van der Waals surface area contributed by atoms with Crippen molar-refractivity contribution >= 4 is 11.7 Å². The molecule has 0 bridgehead atoms. The number of rotatable bonds is 3. The zero-order valence-corrected chi connectivity index (χ0v) is 10.2. The molecule has 0 saturated heterocycles. The molecule has 1 heterocycles. The summed E-state index contributed by atoms with van der Waals surface area (Å²) in [7, 11) is 1.98. The number of benzene rings is 1. The Labute approximate surface area is 101 Å². The number of hydrogen-bond donors (Lipinski definition) is 0. The van der Waals surface area contributed by atoms with Crippen molar-refractivity contribution in [1.29, 1.82) is 0 Å². The first-order valence-corrected chi connectivity index (χ1v) is 5.82. The van der Waals surface area contributed by atoms with Crippen LogP contribution in [0.1, 0.15) is 13.3 Å². The molecule has 4 heteroatoms. The number of ether oxygens (including phenoxy) is 2. The third kappa shape index (κ3) is 2.52. The van der Waals surface area contributed by atoms with Crippen molar-refractivity contribution in [2.24, 2.45) is 0 Å². The van der Waals surface area contributed by atoms with Gasteiger partial charge in [-0.25, -0.2) is 0 Å². The van der Waals surface area contributed by atoms with E-state index < -0.39 is 0 Å². The molecule has 0 saturated carbocycles. The number of anilines is 1. The Bertz CT molecular complexity index is 405. The first-order valence-electron chi connectivity index (χ1n) is 5.82. The minimum Gasteiger partial charge on any atom is -0.489 e. The van der Waals surface area contributed by atoms with Gasteiger partial charge in [0.15, 0.2) is 0 Å². The largest absolute Gasteiger partial charge is 0.489 e. The zero-order valence-electron chi connectivity index (χ0n) is 10.2. The molecule has 0 aromatic heterocycles. The molecular weight excluding hydrogens is 218 g/mol. The summed E-state index contributed by atoms with van der Waals surface area (Å²) in [6, 6.07) is 7.88. The minimum absolute atomic E-state index is 0.0453. The van der Waals surface area contributed by atoms with Crippen molar-refractivity contribution in [2.75, 3.05) is 25.2 Å². The molecule has 17 heavy (non-hydrogen) atoms. The number of para-hydroxylation sites is 2. The van der Waals surface area contributed by atoms with E-state index in [4.69, 9.17) is 9.47 Å². The monoisotopic (exact) mass is 235 g/mol. The average molecular weight is 235 g/mol. The number of hydrogen-bond acceptors (Lipinski definition) is 4. The standard InChI is InChI=1S/C13H17NO3/c1-3-16-13(15)8-10-9-17-12-7-5-4-6-11(12)14(10)2/h4-7,10H,3,8-9H2,1-2H3. The number of likely N-dealkylation sites (N-methyl/N-ethyl adjacent to an activating group) is 1. The van der Waals surface area contributed by atoms with Gasteiger partial charge in [-0.05, 0) is 19.1 Å². The topological polar surface area (TPSA) is 38.8 Å². The maximum Gasteiger partial charge on any atom is 0.307 e. The van der Waals surface area contributed by atoms with Crippen LogP contribution in [0, 0.1) is 0 Å². The predicted molar refractivity (Wildman–Crippen MR) is 65.4 cm³/mol. The number of esters is 1. The van der Waals surface area contributed by atoms with Gasteiger partial charge in [-0.3, -0.25) is 4.79 Å². The van der Waals surface area contributed by atoms with E-state index in [9.17, 15) is 4.79 Å². The second kappa shape index (κ2) is 5.08. The molecule has 0 N–H and O–H groups in total. The van der Waals surface area contributed by atoms with E-state index in [1.165, 1.54) is 0 Å². The van der Waals surface area contributed by atoms with Crippen LogP contribution < -0.4 is 9.64 Å². The number of fused-ring (bicyclic) bond motifs is 1. The molecule has 92 valence electrons. The van der Waals surface area contributed by atoms with Gasteiger partial charge in [0, 0.05) is 7.05 Å². The van der Waals surface area contributed by atoms with E-state index in [2.05, 4.69) is 4.90 Å². The Kier molecular flexibility index (Phi) is 3.52. The van der Waals surface area contributed by atoms with E-state index in [1.54, 1.807) is 0 Å². The maximum atomic E-state index is 11.5. The highest BCUT2D eigenvalue weighted by Gasteiger charge is 2.26. The molecule has 1 unspecified atom stereocenters. The van der Waals surface area contributed by atoms with Gasteiger partial charge in [-0.15, -0.1) is 0 Å². The fourth-order valence-corrected chi connectivity index (χ4v) is 1.97. The van der Waals surface area contributed by atoms with Gasteiger partial charge >= 0.3 is 5.97 Å². The average Bonchev–Trinajstić information content (AvgIpc) is 2.33. The molecule has 1 atom stereocenters. The Hall–Kier alpha value is -1.71. The molecule has 1 aromatic carbocycles. The van der Waals surface area contributed by atoms with Crippen LogP contribution in [0.3, 0.4) is 0 Å². The Morgan fingerprint density at radius 1 is 1.53 bits per heavy atom. The lowest BCUT2D eigenvalue weighted by atomic mass is 10.1. The summed E-state index contributed by atoms with van der Waals surface area (Å²) in [5.74, 6) is 0.697. The second-order valence-electron chi connectivity index (χ2n) is 4.05. The summed E-state index contributed by atoms with van der Waals surface area (Å²) in [6.07, 6.45) is 0.360. The van der Waals surface area contributed by atoms with Crippen LogP contribution in [0.4, 0.5) is 5.69 Å². The second-order valence-corrected chi connectivity index (χ2v) is 4.05. The molecule has 2 rings (SSSR count). The van der Waals surface area contributed by atoms with E-state index in [-0.39, 0.29) is 12.0 Å². The molecule has 1 aliphatic rings. The van der Waals surface area contributed by atoms with Crippen LogP contribution in [0.2, 0.25) is 0 Å². The van der Waals surface area contributed by atoms with Crippen LogP contribution in [0.25, 0.3) is 0 Å². The third-order valence-electron chi connectivity index (χ3n) is 2.93. The van der Waals surface area contributed by atoms with E-state index in [1.807, 2.05) is 38.2 Å². The first kappa shape index (κ1) is 11.8. The summed E-state index contributed by atoms with van der Waals surface area (Å²) in [5, 5.41) is 0. The van der Waals surface area contributed by atoms with E-state index in [0.29, 0.717) is 19.6 Å². The lowest BCUT2D eigenvalue weighted by Crippen LogP contribution is -2.42. The zero-order chi connectivity index (χ0) is 12.3. The fraction of sp³-hybridized carbons (Fsp3) is 0.462. The highest BCUT2D eigenvalue weighted by atomic mass is 16.5. The molecule has 4 nitrogen and oxygen atoms in total. The molecule has 1 aliphatic heterocycles. The van der Waals surface area contributed by atoms with Crippen LogP contribution in [-0.2, 0) is 9.53 Å². The summed E-state index contributed by atoms with van der Waals surface area (Å²) in [5.41, 5.74) is 1.02. The van der Waals surface area contributed by atoms with E-state index >= 15 is 0 Å². The van der Waals surface area contributed by atoms with Gasteiger partial charge in [-0.1, -0.05) is 12.1 Å². The fourth-order valence-electron chi connectivity index (χ4n) is 1.97. The van der Waals surface area contributed by atoms with E-state index in [0.717, 1.165) is 11.4 Å². The SMILES string of the molecule is CCOC(=O)CC1COc2ccccc2N1C. The Balaban J connectivity index is 2.07. The summed E-state index contributed by atoms with van der Waals surface area (Å²) in [6.45, 7) is 2.76. The van der Waals surface area contributed by atoms with Gasteiger partial charge < -0.3 is 14.4 Å². The van der Waals surface area contributed by atoms with Crippen molar-refractivity contribution in [2.45, 2.75) is 19.4 Å².